The van der Waals surface area contributed by atoms with E-state index in [-0.39, 0.29) is 6.54 Å². The van der Waals surface area contributed by atoms with Crippen LogP contribution in [0.15, 0.2) is 24.3 Å². The molecule has 0 saturated carbocycles. The number of aliphatic hydroxyl groups excluding tert-OH is 1. The number of anilines is 1. The van der Waals surface area contributed by atoms with E-state index in [9.17, 15) is 9.59 Å². The third-order valence-corrected chi connectivity index (χ3v) is 2.87. The van der Waals surface area contributed by atoms with Gasteiger partial charge in [0.15, 0.2) is 0 Å². The number of para-hydroxylation sites is 2. The van der Waals surface area contributed by atoms with Gasteiger partial charge in [0, 0.05) is 6.54 Å². The standard InChI is InChI=1S/C13H16N2O4/c1-8(16)7-14-11(17)13(2)12(18)15-9-5-3-4-6-10(9)19-13/h3-6,8,16H,7H2,1-2H3,(H,14,17)(H,15,18). The zero-order valence-corrected chi connectivity index (χ0v) is 10.8. The van der Waals surface area contributed by atoms with Gasteiger partial charge in [-0.2, -0.15) is 0 Å². The van der Waals surface area contributed by atoms with E-state index in [0.717, 1.165) is 0 Å². The maximum atomic E-state index is 12.0. The van der Waals surface area contributed by atoms with E-state index in [1.807, 2.05) is 0 Å². The molecule has 1 heterocycles. The number of aliphatic hydroxyl groups is 1. The number of amides is 2. The summed E-state index contributed by atoms with van der Waals surface area (Å²) in [6.07, 6.45) is -0.688. The van der Waals surface area contributed by atoms with Gasteiger partial charge in [-0.3, -0.25) is 9.59 Å². The van der Waals surface area contributed by atoms with Crippen LogP contribution in [0.3, 0.4) is 0 Å². The molecule has 1 aliphatic rings. The lowest BCUT2D eigenvalue weighted by Crippen LogP contribution is -2.59. The molecule has 0 spiro atoms. The van der Waals surface area contributed by atoms with Crippen LogP contribution in [0.1, 0.15) is 13.8 Å². The third-order valence-electron chi connectivity index (χ3n) is 2.87. The normalized spacial score (nSPS) is 22.8. The van der Waals surface area contributed by atoms with E-state index < -0.39 is 23.5 Å². The second kappa shape index (κ2) is 4.89. The first kappa shape index (κ1) is 13.4. The number of rotatable bonds is 3. The Morgan fingerprint density at radius 1 is 1.53 bits per heavy atom. The quantitative estimate of drug-likeness (QED) is 0.684. The highest BCUT2D eigenvalue weighted by Gasteiger charge is 2.47. The smallest absolute Gasteiger partial charge is 0.278 e. The molecule has 2 amide bonds. The minimum absolute atomic E-state index is 0.0622. The van der Waals surface area contributed by atoms with Crippen molar-refractivity contribution in [3.05, 3.63) is 24.3 Å². The summed E-state index contributed by atoms with van der Waals surface area (Å²) in [6.45, 7) is 3.00. The van der Waals surface area contributed by atoms with Crippen molar-refractivity contribution in [1.82, 2.24) is 5.32 Å². The van der Waals surface area contributed by atoms with Crippen LogP contribution in [-0.4, -0.2) is 35.2 Å². The first-order valence-corrected chi connectivity index (χ1v) is 5.99. The number of nitrogens with one attached hydrogen (secondary N) is 2. The van der Waals surface area contributed by atoms with Crippen LogP contribution in [-0.2, 0) is 9.59 Å². The van der Waals surface area contributed by atoms with E-state index in [2.05, 4.69) is 10.6 Å². The molecule has 102 valence electrons. The summed E-state index contributed by atoms with van der Waals surface area (Å²) in [4.78, 5) is 24.0. The van der Waals surface area contributed by atoms with Crippen LogP contribution >= 0.6 is 0 Å². The van der Waals surface area contributed by atoms with Crippen molar-refractivity contribution < 1.29 is 19.4 Å². The number of hydrogen-bond donors (Lipinski definition) is 3. The molecule has 2 unspecified atom stereocenters. The summed E-state index contributed by atoms with van der Waals surface area (Å²) < 4.78 is 5.52. The Balaban J connectivity index is 2.20. The predicted molar refractivity (Wildman–Crippen MR) is 68.8 cm³/mol. The fourth-order valence-electron chi connectivity index (χ4n) is 1.73. The first-order valence-electron chi connectivity index (χ1n) is 5.99. The molecule has 0 saturated heterocycles. The molecule has 19 heavy (non-hydrogen) atoms. The topological polar surface area (TPSA) is 87.7 Å². The van der Waals surface area contributed by atoms with Gasteiger partial charge in [-0.15, -0.1) is 0 Å². The fraction of sp³-hybridized carbons (Fsp3) is 0.385. The lowest BCUT2D eigenvalue weighted by molar-refractivity contribution is -0.146. The number of fused-ring (bicyclic) bond motifs is 1. The monoisotopic (exact) mass is 264 g/mol. The Kier molecular flexibility index (Phi) is 3.44. The van der Waals surface area contributed by atoms with Gasteiger partial charge in [0.2, 0.25) is 0 Å². The van der Waals surface area contributed by atoms with E-state index in [0.29, 0.717) is 11.4 Å². The zero-order valence-electron chi connectivity index (χ0n) is 10.8. The SMILES string of the molecule is CC(O)CNC(=O)C1(C)Oc2ccccc2NC1=O. The van der Waals surface area contributed by atoms with Crippen LogP contribution in [0.2, 0.25) is 0 Å². The molecule has 0 fully saturated rings. The molecule has 6 heteroatoms. The van der Waals surface area contributed by atoms with Gasteiger partial charge in [-0.1, -0.05) is 12.1 Å². The van der Waals surface area contributed by atoms with E-state index >= 15 is 0 Å². The average Bonchev–Trinajstić information content (AvgIpc) is 2.37. The third kappa shape index (κ3) is 2.53. The summed E-state index contributed by atoms with van der Waals surface area (Å²) in [5, 5.41) is 14.3. The van der Waals surface area contributed by atoms with Crippen molar-refractivity contribution in [3.8, 4) is 5.75 Å². The predicted octanol–water partition coefficient (Wildman–Crippen LogP) is 0.273. The van der Waals surface area contributed by atoms with Crippen molar-refractivity contribution in [3.63, 3.8) is 0 Å². The van der Waals surface area contributed by atoms with Crippen molar-refractivity contribution in [2.75, 3.05) is 11.9 Å². The molecule has 6 nitrogen and oxygen atoms in total. The Labute approximate surface area is 110 Å². The van der Waals surface area contributed by atoms with Crippen LogP contribution in [0.5, 0.6) is 5.75 Å². The van der Waals surface area contributed by atoms with Crippen LogP contribution in [0.4, 0.5) is 5.69 Å². The molecule has 0 aliphatic carbocycles. The van der Waals surface area contributed by atoms with Gasteiger partial charge < -0.3 is 20.5 Å². The molecule has 1 aromatic carbocycles. The minimum atomic E-state index is -1.64. The van der Waals surface area contributed by atoms with E-state index in [4.69, 9.17) is 9.84 Å². The second-order valence-corrected chi connectivity index (χ2v) is 4.64. The molecular weight excluding hydrogens is 248 g/mol. The Bertz CT molecular complexity index is 515. The summed E-state index contributed by atoms with van der Waals surface area (Å²) in [5.41, 5.74) is -1.10. The maximum absolute atomic E-state index is 12.0. The summed E-state index contributed by atoms with van der Waals surface area (Å²) >= 11 is 0. The summed E-state index contributed by atoms with van der Waals surface area (Å²) in [5.74, 6) is -0.675. The van der Waals surface area contributed by atoms with Gasteiger partial charge in [0.05, 0.1) is 11.8 Å². The van der Waals surface area contributed by atoms with E-state index in [1.165, 1.54) is 6.92 Å². The van der Waals surface area contributed by atoms with Crippen molar-refractivity contribution >= 4 is 17.5 Å². The van der Waals surface area contributed by atoms with Crippen molar-refractivity contribution in [2.45, 2.75) is 25.6 Å². The van der Waals surface area contributed by atoms with Crippen molar-refractivity contribution in [1.29, 1.82) is 0 Å². The zero-order chi connectivity index (χ0) is 14.0. The maximum Gasteiger partial charge on any atom is 0.278 e. The molecule has 3 N–H and O–H groups in total. The number of hydrogen-bond acceptors (Lipinski definition) is 4. The van der Waals surface area contributed by atoms with E-state index in [1.54, 1.807) is 31.2 Å². The highest BCUT2D eigenvalue weighted by atomic mass is 16.5. The first-order chi connectivity index (χ1) is 8.93. The average molecular weight is 264 g/mol. The molecule has 1 aromatic rings. The number of benzene rings is 1. The highest BCUT2D eigenvalue weighted by molar-refractivity contribution is 6.15. The van der Waals surface area contributed by atoms with Gasteiger partial charge in [0.1, 0.15) is 5.75 Å². The lowest BCUT2D eigenvalue weighted by Gasteiger charge is -2.33. The lowest BCUT2D eigenvalue weighted by atomic mass is 10.0. The molecule has 0 bridgehead atoms. The van der Waals surface area contributed by atoms with Crippen LogP contribution in [0, 0.1) is 0 Å². The number of carbonyl (C=O) groups is 2. The Hall–Kier alpha value is -2.08. The number of ether oxygens (including phenoxy) is 1. The van der Waals surface area contributed by atoms with Crippen molar-refractivity contribution in [2.24, 2.45) is 0 Å². The van der Waals surface area contributed by atoms with Crippen LogP contribution < -0.4 is 15.4 Å². The largest absolute Gasteiger partial charge is 0.466 e. The van der Waals surface area contributed by atoms with Gasteiger partial charge >= 0.3 is 0 Å². The molecule has 0 aromatic heterocycles. The summed E-state index contributed by atoms with van der Waals surface area (Å²) in [6, 6.07) is 6.89. The molecule has 0 radical (unpaired) electrons. The molecule has 2 atom stereocenters. The highest BCUT2D eigenvalue weighted by Crippen LogP contribution is 2.33. The van der Waals surface area contributed by atoms with Gasteiger partial charge in [-0.05, 0) is 26.0 Å². The second-order valence-electron chi connectivity index (χ2n) is 4.64. The molecule has 1 aliphatic heterocycles. The summed E-state index contributed by atoms with van der Waals surface area (Å²) in [7, 11) is 0. The molecular formula is C13H16N2O4. The van der Waals surface area contributed by atoms with Crippen LogP contribution in [0.25, 0.3) is 0 Å². The molecule has 2 rings (SSSR count). The fourth-order valence-corrected chi connectivity index (χ4v) is 1.73. The minimum Gasteiger partial charge on any atom is -0.466 e. The number of carbonyl (C=O) groups excluding carboxylic acids is 2. The Morgan fingerprint density at radius 2 is 2.21 bits per heavy atom. The van der Waals surface area contributed by atoms with Gasteiger partial charge in [0.25, 0.3) is 17.4 Å². The Morgan fingerprint density at radius 3 is 2.89 bits per heavy atom. The van der Waals surface area contributed by atoms with Gasteiger partial charge in [-0.25, -0.2) is 0 Å².